The lowest BCUT2D eigenvalue weighted by molar-refractivity contribution is -0.607. The average molecular weight is 483 g/mol. The topological polar surface area (TPSA) is 95.1 Å². The van der Waals surface area contributed by atoms with Gasteiger partial charge >= 0.3 is 5.69 Å². The third-order valence-electron chi connectivity index (χ3n) is 3.67. The molecule has 2 aromatic rings. The number of benzene rings is 1. The zero-order valence-electron chi connectivity index (χ0n) is 17.6. The van der Waals surface area contributed by atoms with E-state index in [0.717, 1.165) is 18.3 Å². The van der Waals surface area contributed by atoms with Crippen molar-refractivity contribution in [3.05, 3.63) is 57.2 Å². The highest BCUT2D eigenvalue weighted by molar-refractivity contribution is 9.10. The van der Waals surface area contributed by atoms with E-state index >= 15 is 0 Å². The molecular formula is C21H24BrFN2O5. The maximum atomic E-state index is 13.6. The summed E-state index contributed by atoms with van der Waals surface area (Å²) in [5.74, 6) is -2.13. The van der Waals surface area contributed by atoms with Gasteiger partial charge < -0.3 is 19.9 Å². The molecule has 7 nitrogen and oxygen atoms in total. The minimum atomic E-state index is -0.844. The van der Waals surface area contributed by atoms with Crippen molar-refractivity contribution < 1.29 is 28.6 Å². The van der Waals surface area contributed by atoms with Crippen molar-refractivity contribution in [1.29, 1.82) is 0 Å². The molecule has 0 spiro atoms. The molecule has 0 radical (unpaired) electrons. The van der Waals surface area contributed by atoms with E-state index < -0.39 is 28.4 Å². The number of phenols is 1. The molecule has 0 amide bonds. The minimum Gasteiger partial charge on any atom is -0.618 e. The van der Waals surface area contributed by atoms with Gasteiger partial charge in [0.05, 0.1) is 10.0 Å². The predicted octanol–water partition coefficient (Wildman–Crippen LogP) is 4.71. The molecule has 2 rings (SSSR count). The maximum absolute atomic E-state index is 13.6. The summed E-state index contributed by atoms with van der Waals surface area (Å²) in [5, 5.41) is 26.6. The molecule has 0 aliphatic rings. The van der Waals surface area contributed by atoms with Crippen LogP contribution in [0, 0.1) is 16.4 Å². The Bertz CT molecular complexity index is 994. The van der Waals surface area contributed by atoms with E-state index in [2.05, 4.69) is 21.1 Å². The second kappa shape index (κ2) is 8.59. The Morgan fingerprint density at radius 2 is 1.87 bits per heavy atom. The van der Waals surface area contributed by atoms with Gasteiger partial charge in [0, 0.05) is 17.5 Å². The van der Waals surface area contributed by atoms with E-state index in [1.54, 1.807) is 0 Å². The van der Waals surface area contributed by atoms with Gasteiger partial charge in [-0.05, 0) is 48.8 Å². The van der Waals surface area contributed by atoms with Gasteiger partial charge in [-0.15, -0.1) is 0 Å². The van der Waals surface area contributed by atoms with Gasteiger partial charge in [0.1, 0.15) is 17.2 Å². The molecule has 1 aromatic heterocycles. The van der Waals surface area contributed by atoms with Crippen LogP contribution in [0.3, 0.4) is 0 Å². The summed E-state index contributed by atoms with van der Waals surface area (Å²) in [6, 6.07) is 4.72. The standard InChI is InChI=1S/C21H24BrFN2O5/c1-20(2,3)19(24-30-21(4,5)6)29-16-8-7-9-25(28)17(16)18(27)12-10-13(22)14(23)11-15(12)26/h7-11,26H,1-6H3. The zero-order valence-corrected chi connectivity index (χ0v) is 19.2. The Morgan fingerprint density at radius 1 is 1.23 bits per heavy atom. The third kappa shape index (κ3) is 5.69. The maximum Gasteiger partial charge on any atom is 0.308 e. The number of rotatable bonds is 4. The van der Waals surface area contributed by atoms with Gasteiger partial charge in [-0.2, -0.15) is 4.73 Å². The highest BCUT2D eigenvalue weighted by Crippen LogP contribution is 2.30. The van der Waals surface area contributed by atoms with Crippen LogP contribution < -0.4 is 9.47 Å². The van der Waals surface area contributed by atoms with E-state index in [1.165, 1.54) is 12.1 Å². The molecule has 0 bridgehead atoms. The molecule has 9 heteroatoms. The van der Waals surface area contributed by atoms with Crippen molar-refractivity contribution >= 4 is 27.6 Å². The number of phenolic OH excluding ortho intramolecular Hbond substituents is 1. The number of ketones is 1. The number of nitrogens with zero attached hydrogens (tertiary/aromatic N) is 2. The molecule has 0 aliphatic heterocycles. The van der Waals surface area contributed by atoms with Crippen LogP contribution in [-0.2, 0) is 4.84 Å². The molecule has 0 unspecified atom stereocenters. The van der Waals surface area contributed by atoms with Crippen molar-refractivity contribution in [2.45, 2.75) is 47.1 Å². The van der Waals surface area contributed by atoms with Crippen LogP contribution in [0.5, 0.6) is 11.5 Å². The van der Waals surface area contributed by atoms with Crippen molar-refractivity contribution in [2.75, 3.05) is 0 Å². The first-order valence-electron chi connectivity index (χ1n) is 9.10. The fourth-order valence-electron chi connectivity index (χ4n) is 2.20. The molecule has 1 heterocycles. The van der Waals surface area contributed by atoms with Crippen molar-refractivity contribution in [3.63, 3.8) is 0 Å². The van der Waals surface area contributed by atoms with Crippen LogP contribution in [0.4, 0.5) is 4.39 Å². The van der Waals surface area contributed by atoms with Crippen LogP contribution in [0.2, 0.25) is 0 Å². The summed E-state index contributed by atoms with van der Waals surface area (Å²) in [6.45, 7) is 10.9. The largest absolute Gasteiger partial charge is 0.618 e. The lowest BCUT2D eigenvalue weighted by Gasteiger charge is -2.23. The summed E-state index contributed by atoms with van der Waals surface area (Å²) in [4.78, 5) is 18.5. The molecule has 1 aromatic carbocycles. The first kappa shape index (κ1) is 23.6. The number of carbonyl (C=O) groups excluding carboxylic acids is 1. The average Bonchev–Trinajstić information content (AvgIpc) is 2.59. The number of halogens is 2. The number of aromatic hydroxyl groups is 1. The van der Waals surface area contributed by atoms with Crippen molar-refractivity contribution in [1.82, 2.24) is 0 Å². The Kier molecular flexibility index (Phi) is 6.76. The molecule has 0 atom stereocenters. The highest BCUT2D eigenvalue weighted by Gasteiger charge is 2.31. The summed E-state index contributed by atoms with van der Waals surface area (Å²) < 4.78 is 19.8. The van der Waals surface area contributed by atoms with Gasteiger partial charge in [0.15, 0.2) is 6.20 Å². The van der Waals surface area contributed by atoms with Gasteiger partial charge in [-0.25, -0.2) is 4.39 Å². The fourth-order valence-corrected chi connectivity index (χ4v) is 2.55. The number of hydrogen-bond acceptors (Lipinski definition) is 6. The van der Waals surface area contributed by atoms with Crippen molar-refractivity contribution in [3.8, 4) is 11.5 Å². The normalized spacial score (nSPS) is 12.6. The Morgan fingerprint density at radius 3 is 2.43 bits per heavy atom. The third-order valence-corrected chi connectivity index (χ3v) is 4.28. The van der Waals surface area contributed by atoms with Gasteiger partial charge in [-0.3, -0.25) is 4.79 Å². The minimum absolute atomic E-state index is 0.0324. The predicted molar refractivity (Wildman–Crippen MR) is 113 cm³/mol. The monoisotopic (exact) mass is 482 g/mol. The summed E-state index contributed by atoms with van der Waals surface area (Å²) >= 11 is 2.97. The highest BCUT2D eigenvalue weighted by atomic mass is 79.9. The molecular weight excluding hydrogens is 459 g/mol. The summed E-state index contributed by atoms with van der Waals surface area (Å²) in [7, 11) is 0. The van der Waals surface area contributed by atoms with Crippen LogP contribution in [0.15, 0.2) is 40.1 Å². The van der Waals surface area contributed by atoms with E-state index in [9.17, 15) is 19.5 Å². The second-order valence-electron chi connectivity index (χ2n) is 8.61. The fraction of sp³-hybridized carbons (Fsp3) is 0.381. The van der Waals surface area contributed by atoms with Gasteiger partial charge in [0.2, 0.25) is 11.6 Å². The summed E-state index contributed by atoms with van der Waals surface area (Å²) in [5.41, 5.74) is -1.85. The Hall–Kier alpha value is -2.68. The Labute approximate surface area is 182 Å². The number of carbonyl (C=O) groups is 1. The number of aromatic nitrogens is 1. The molecule has 0 fully saturated rings. The van der Waals surface area contributed by atoms with E-state index in [0.29, 0.717) is 4.73 Å². The number of ether oxygens (including phenoxy) is 1. The summed E-state index contributed by atoms with van der Waals surface area (Å²) in [6.07, 6.45) is 1.12. The first-order valence-corrected chi connectivity index (χ1v) is 9.89. The van der Waals surface area contributed by atoms with Gasteiger partial charge in [-0.1, -0.05) is 25.9 Å². The lowest BCUT2D eigenvalue weighted by atomic mass is 9.96. The van der Waals surface area contributed by atoms with E-state index in [1.807, 2.05) is 41.5 Å². The lowest BCUT2D eigenvalue weighted by Crippen LogP contribution is -2.37. The van der Waals surface area contributed by atoms with E-state index in [-0.39, 0.29) is 27.4 Å². The van der Waals surface area contributed by atoms with Crippen LogP contribution >= 0.6 is 15.9 Å². The Balaban J connectivity index is 2.55. The van der Waals surface area contributed by atoms with Gasteiger partial charge in [0.25, 0.3) is 5.78 Å². The molecule has 0 aliphatic carbocycles. The smallest absolute Gasteiger partial charge is 0.308 e. The number of pyridine rings is 1. The molecule has 0 saturated heterocycles. The second-order valence-corrected chi connectivity index (χ2v) is 9.47. The van der Waals surface area contributed by atoms with Crippen molar-refractivity contribution in [2.24, 2.45) is 10.6 Å². The van der Waals surface area contributed by atoms with E-state index in [4.69, 9.17) is 9.57 Å². The SMILES string of the molecule is CC(C)(C)ON=C(Oc1ccc[n+]([O-])c1C(=O)c1cc(Br)c(F)cc1O)C(C)(C)C. The van der Waals surface area contributed by atoms with Crippen LogP contribution in [0.25, 0.3) is 0 Å². The molecule has 30 heavy (non-hydrogen) atoms. The first-order chi connectivity index (χ1) is 13.7. The molecule has 1 N–H and O–H groups in total. The zero-order chi connectivity index (χ0) is 22.9. The quantitative estimate of drug-likeness (QED) is 0.170. The number of hydrogen-bond donors (Lipinski definition) is 1. The van der Waals surface area contributed by atoms with Crippen LogP contribution in [-0.4, -0.2) is 22.4 Å². The van der Waals surface area contributed by atoms with Crippen LogP contribution in [0.1, 0.15) is 57.6 Å². The molecule has 0 saturated carbocycles. The number of oxime groups is 1. The molecule has 162 valence electrons.